The molecule has 1 atom stereocenters. The quantitative estimate of drug-likeness (QED) is 0.903. The van der Waals surface area contributed by atoms with E-state index in [4.69, 9.17) is 0 Å². The summed E-state index contributed by atoms with van der Waals surface area (Å²) in [5.41, 5.74) is 3.85. The molecule has 2 aliphatic rings. The minimum Gasteiger partial charge on any atom is -0.345 e. The van der Waals surface area contributed by atoms with Crippen molar-refractivity contribution in [3.05, 3.63) is 30.0 Å². The van der Waals surface area contributed by atoms with Gasteiger partial charge in [-0.15, -0.1) is 0 Å². The molecule has 2 aromatic rings. The molecule has 0 saturated heterocycles. The van der Waals surface area contributed by atoms with Gasteiger partial charge >= 0.3 is 0 Å². The van der Waals surface area contributed by atoms with Crippen LogP contribution in [0.2, 0.25) is 0 Å². The molecule has 2 fully saturated rings. The summed E-state index contributed by atoms with van der Waals surface area (Å²) in [4.78, 5) is 12.3. The van der Waals surface area contributed by atoms with Gasteiger partial charge in [-0.1, -0.05) is 6.42 Å². The molecule has 3 heteroatoms. The van der Waals surface area contributed by atoms with E-state index >= 15 is 0 Å². The van der Waals surface area contributed by atoms with Crippen LogP contribution in [0.15, 0.2) is 24.3 Å². The van der Waals surface area contributed by atoms with E-state index in [-0.39, 0.29) is 11.8 Å². The number of fused-ring (bicyclic) bond motifs is 1. The second kappa shape index (κ2) is 4.36. The molecule has 3 nitrogen and oxygen atoms in total. The molecular formula is C18H22N2O. The third kappa shape index (κ3) is 1.90. The van der Waals surface area contributed by atoms with Crippen molar-refractivity contribution < 1.29 is 4.79 Å². The topological polar surface area (TPSA) is 34.0 Å². The molecule has 1 aromatic heterocycles. The van der Waals surface area contributed by atoms with E-state index in [2.05, 4.69) is 41.9 Å². The lowest BCUT2D eigenvalue weighted by Crippen LogP contribution is -2.23. The van der Waals surface area contributed by atoms with Crippen LogP contribution < -0.4 is 5.32 Å². The minimum absolute atomic E-state index is 0.223. The van der Waals surface area contributed by atoms with Crippen LogP contribution in [0, 0.1) is 18.3 Å². The summed E-state index contributed by atoms with van der Waals surface area (Å²) < 4.78 is 2.30. The first kappa shape index (κ1) is 12.9. The molecule has 1 N–H and O–H groups in total. The maximum atomic E-state index is 12.3. The van der Waals surface area contributed by atoms with E-state index in [0.29, 0.717) is 5.41 Å². The van der Waals surface area contributed by atoms with Crippen LogP contribution >= 0.6 is 0 Å². The van der Waals surface area contributed by atoms with Crippen molar-refractivity contribution in [1.82, 2.24) is 4.57 Å². The van der Waals surface area contributed by atoms with E-state index in [1.54, 1.807) is 0 Å². The molecule has 4 rings (SSSR count). The van der Waals surface area contributed by atoms with E-state index < -0.39 is 0 Å². The van der Waals surface area contributed by atoms with Gasteiger partial charge in [0.25, 0.3) is 0 Å². The predicted octanol–water partition coefficient (Wildman–Crippen LogP) is 4.10. The van der Waals surface area contributed by atoms with Crippen molar-refractivity contribution in [3.8, 4) is 0 Å². The molecule has 2 aliphatic carbocycles. The van der Waals surface area contributed by atoms with Crippen molar-refractivity contribution in [2.75, 3.05) is 5.32 Å². The highest BCUT2D eigenvalue weighted by Gasteiger charge is 2.60. The first-order chi connectivity index (χ1) is 10.1. The summed E-state index contributed by atoms with van der Waals surface area (Å²) in [5.74, 6) is 0.490. The number of nitrogens with zero attached hydrogens (tertiary/aromatic N) is 1. The van der Waals surface area contributed by atoms with Gasteiger partial charge in [-0.25, -0.2) is 0 Å². The summed E-state index contributed by atoms with van der Waals surface area (Å²) in [5, 5.41) is 4.33. The van der Waals surface area contributed by atoms with E-state index in [1.165, 1.54) is 35.9 Å². The number of aryl methyl sites for hydroxylation is 2. The standard InChI is InChI=1S/C18H22N2O/c1-3-20-12(2)9-13-10-14(5-6-16(13)20)19-17(21)15-11-18(15)7-4-8-18/h5-6,9-10,15H,3-4,7-8,11H2,1-2H3,(H,19,21). The van der Waals surface area contributed by atoms with Gasteiger partial charge in [-0.2, -0.15) is 0 Å². The highest BCUT2D eigenvalue weighted by atomic mass is 16.2. The Morgan fingerprint density at radius 2 is 2.19 bits per heavy atom. The molecule has 0 bridgehead atoms. The van der Waals surface area contributed by atoms with Crippen molar-refractivity contribution in [2.24, 2.45) is 11.3 Å². The summed E-state index contributed by atoms with van der Waals surface area (Å²) in [6, 6.07) is 8.44. The Kier molecular flexibility index (Phi) is 2.69. The molecule has 1 spiro atoms. The van der Waals surface area contributed by atoms with Gasteiger partial charge in [-0.05, 0) is 62.8 Å². The number of nitrogens with one attached hydrogen (secondary N) is 1. The summed E-state index contributed by atoms with van der Waals surface area (Å²) in [6.45, 7) is 5.27. The average molecular weight is 282 g/mol. The number of rotatable bonds is 3. The fraction of sp³-hybridized carbons (Fsp3) is 0.500. The molecule has 21 heavy (non-hydrogen) atoms. The Hall–Kier alpha value is -1.77. The maximum absolute atomic E-state index is 12.3. The van der Waals surface area contributed by atoms with E-state index in [0.717, 1.165) is 18.7 Å². The Labute approximate surface area is 125 Å². The smallest absolute Gasteiger partial charge is 0.228 e. The first-order valence-corrected chi connectivity index (χ1v) is 8.04. The normalized spacial score (nSPS) is 22.3. The molecule has 1 unspecified atom stereocenters. The largest absolute Gasteiger partial charge is 0.345 e. The van der Waals surface area contributed by atoms with Gasteiger partial charge in [0.15, 0.2) is 0 Å². The van der Waals surface area contributed by atoms with Crippen LogP contribution in [0.5, 0.6) is 0 Å². The predicted molar refractivity (Wildman–Crippen MR) is 85.4 cm³/mol. The molecular weight excluding hydrogens is 260 g/mol. The third-order valence-electron chi connectivity index (χ3n) is 5.55. The molecule has 1 amide bonds. The molecule has 0 aliphatic heterocycles. The second-order valence-corrected chi connectivity index (χ2v) is 6.77. The number of hydrogen-bond acceptors (Lipinski definition) is 1. The van der Waals surface area contributed by atoms with Crippen molar-refractivity contribution in [1.29, 1.82) is 0 Å². The summed E-state index contributed by atoms with van der Waals surface area (Å²) >= 11 is 0. The highest BCUT2D eigenvalue weighted by molar-refractivity contribution is 5.97. The van der Waals surface area contributed by atoms with E-state index in [1.807, 2.05) is 6.07 Å². The van der Waals surface area contributed by atoms with Gasteiger partial charge in [0.2, 0.25) is 5.91 Å². The van der Waals surface area contributed by atoms with Crippen LogP contribution in [0.25, 0.3) is 10.9 Å². The number of anilines is 1. The number of benzene rings is 1. The van der Waals surface area contributed by atoms with Crippen molar-refractivity contribution in [3.63, 3.8) is 0 Å². The van der Waals surface area contributed by atoms with Gasteiger partial charge in [0.05, 0.1) is 0 Å². The number of amides is 1. The second-order valence-electron chi connectivity index (χ2n) is 6.77. The van der Waals surface area contributed by atoms with Crippen LogP contribution in [-0.4, -0.2) is 10.5 Å². The van der Waals surface area contributed by atoms with Crippen LogP contribution in [-0.2, 0) is 11.3 Å². The van der Waals surface area contributed by atoms with Gasteiger partial charge in [-0.3, -0.25) is 4.79 Å². The molecule has 110 valence electrons. The number of carbonyl (C=O) groups excluding carboxylic acids is 1. The van der Waals surface area contributed by atoms with E-state index in [9.17, 15) is 4.79 Å². The zero-order chi connectivity index (χ0) is 14.6. The fourth-order valence-corrected chi connectivity index (χ4v) is 4.04. The van der Waals surface area contributed by atoms with Crippen molar-refractivity contribution in [2.45, 2.75) is 46.1 Å². The molecule has 0 radical (unpaired) electrons. The van der Waals surface area contributed by atoms with Crippen LogP contribution in [0.3, 0.4) is 0 Å². The lowest BCUT2D eigenvalue weighted by Gasteiger charge is -2.26. The summed E-state index contributed by atoms with van der Waals surface area (Å²) in [6.07, 6.45) is 4.91. The monoisotopic (exact) mass is 282 g/mol. The molecule has 1 heterocycles. The Morgan fingerprint density at radius 1 is 1.38 bits per heavy atom. The highest BCUT2D eigenvalue weighted by Crippen LogP contribution is 2.65. The molecule has 2 saturated carbocycles. The molecule has 1 aromatic carbocycles. The Balaban J connectivity index is 1.55. The number of carbonyl (C=O) groups is 1. The first-order valence-electron chi connectivity index (χ1n) is 8.04. The van der Waals surface area contributed by atoms with Crippen LogP contribution in [0.1, 0.15) is 38.3 Å². The lowest BCUT2D eigenvalue weighted by atomic mass is 9.79. The average Bonchev–Trinajstić information content (AvgIpc) is 3.11. The van der Waals surface area contributed by atoms with Crippen molar-refractivity contribution >= 4 is 22.5 Å². The minimum atomic E-state index is 0.223. The third-order valence-corrected chi connectivity index (χ3v) is 5.55. The zero-order valence-electron chi connectivity index (χ0n) is 12.8. The van der Waals surface area contributed by atoms with Gasteiger partial charge in [0.1, 0.15) is 0 Å². The van der Waals surface area contributed by atoms with Gasteiger partial charge in [0, 0.05) is 34.7 Å². The van der Waals surface area contributed by atoms with Crippen LogP contribution in [0.4, 0.5) is 5.69 Å². The Bertz CT molecular complexity index is 724. The maximum Gasteiger partial charge on any atom is 0.228 e. The van der Waals surface area contributed by atoms with Gasteiger partial charge < -0.3 is 9.88 Å². The number of hydrogen-bond donors (Lipinski definition) is 1. The fourth-order valence-electron chi connectivity index (χ4n) is 4.04. The SMILES string of the molecule is CCn1c(C)cc2cc(NC(=O)C3CC34CCC4)ccc21. The Morgan fingerprint density at radius 3 is 2.81 bits per heavy atom. The zero-order valence-corrected chi connectivity index (χ0v) is 12.8. The number of aromatic nitrogens is 1. The summed E-state index contributed by atoms with van der Waals surface area (Å²) in [7, 11) is 0. The lowest BCUT2D eigenvalue weighted by molar-refractivity contribution is -0.118.